The fraction of sp³-hybridized carbons (Fsp3) is 0.571. The smallest absolute Gasteiger partial charge is 0.354 e. The van der Waals surface area contributed by atoms with Crippen LogP contribution < -0.4 is 5.32 Å². The Labute approximate surface area is 113 Å². The molecule has 0 radical (unpaired) electrons. The molecule has 0 fully saturated rings. The van der Waals surface area contributed by atoms with Gasteiger partial charge < -0.3 is 15.4 Å². The Morgan fingerprint density at radius 2 is 2.00 bits per heavy atom. The molecule has 5 nitrogen and oxygen atoms in total. The van der Waals surface area contributed by atoms with Gasteiger partial charge >= 0.3 is 5.97 Å². The Morgan fingerprint density at radius 3 is 2.47 bits per heavy atom. The second-order valence-electron chi connectivity index (χ2n) is 6.07. The summed E-state index contributed by atoms with van der Waals surface area (Å²) in [7, 11) is 0. The van der Waals surface area contributed by atoms with Gasteiger partial charge in [-0.1, -0.05) is 27.7 Å². The van der Waals surface area contributed by atoms with Crippen molar-refractivity contribution in [3.8, 4) is 0 Å². The van der Waals surface area contributed by atoms with Crippen LogP contribution in [-0.2, 0) is 4.79 Å². The van der Waals surface area contributed by atoms with Crippen LogP contribution in [0, 0.1) is 18.3 Å². The minimum absolute atomic E-state index is 0.0225. The fourth-order valence-corrected chi connectivity index (χ4v) is 1.64. The first-order chi connectivity index (χ1) is 8.61. The monoisotopic (exact) mass is 266 g/mol. The molecule has 0 aliphatic heterocycles. The summed E-state index contributed by atoms with van der Waals surface area (Å²) in [5.74, 6) is -1.03. The average Bonchev–Trinajstić information content (AvgIpc) is 2.57. The molecule has 1 unspecified atom stereocenters. The van der Waals surface area contributed by atoms with Gasteiger partial charge in [0.2, 0.25) is 5.91 Å². The number of carbonyl (C=O) groups excluding carboxylic acids is 1. The zero-order valence-corrected chi connectivity index (χ0v) is 12.1. The summed E-state index contributed by atoms with van der Waals surface area (Å²) in [5.41, 5.74) is 1.10. The van der Waals surface area contributed by atoms with E-state index in [0.29, 0.717) is 17.8 Å². The number of aromatic carboxylic acids is 1. The molecule has 3 N–H and O–H groups in total. The number of amides is 1. The third-order valence-electron chi connectivity index (χ3n) is 3.41. The van der Waals surface area contributed by atoms with Gasteiger partial charge in [0, 0.05) is 12.1 Å². The lowest BCUT2D eigenvalue weighted by Crippen LogP contribution is -2.24. The van der Waals surface area contributed by atoms with Crippen molar-refractivity contribution in [2.75, 3.05) is 5.32 Å². The highest BCUT2D eigenvalue weighted by molar-refractivity contribution is 5.99. The summed E-state index contributed by atoms with van der Waals surface area (Å²) in [6.07, 6.45) is 0.368. The van der Waals surface area contributed by atoms with Gasteiger partial charge in [0.15, 0.2) is 0 Å². The second-order valence-corrected chi connectivity index (χ2v) is 6.07. The van der Waals surface area contributed by atoms with Gasteiger partial charge in [-0.05, 0) is 24.3 Å². The first-order valence-electron chi connectivity index (χ1n) is 6.34. The first kappa shape index (κ1) is 15.3. The Bertz CT molecular complexity index is 483. The summed E-state index contributed by atoms with van der Waals surface area (Å²) in [5, 5.41) is 11.7. The van der Waals surface area contributed by atoms with Crippen molar-refractivity contribution in [3.05, 3.63) is 17.5 Å². The van der Waals surface area contributed by atoms with E-state index in [9.17, 15) is 9.59 Å². The van der Waals surface area contributed by atoms with Crippen LogP contribution >= 0.6 is 0 Å². The molecule has 0 aliphatic rings. The number of carbonyl (C=O) groups is 2. The van der Waals surface area contributed by atoms with Gasteiger partial charge in [-0.15, -0.1) is 0 Å². The molecule has 0 aromatic carbocycles. The van der Waals surface area contributed by atoms with E-state index in [1.54, 1.807) is 13.0 Å². The maximum Gasteiger partial charge on any atom is 0.354 e. The van der Waals surface area contributed by atoms with Crippen molar-refractivity contribution in [1.29, 1.82) is 0 Å². The van der Waals surface area contributed by atoms with E-state index in [1.807, 2.05) is 6.92 Å². The highest BCUT2D eigenvalue weighted by atomic mass is 16.4. The molecular formula is C14H22N2O3. The molecule has 1 aromatic rings. The van der Waals surface area contributed by atoms with E-state index >= 15 is 0 Å². The van der Waals surface area contributed by atoms with E-state index in [-0.39, 0.29) is 22.9 Å². The number of H-pyrrole nitrogens is 1. The van der Waals surface area contributed by atoms with Crippen molar-refractivity contribution in [3.63, 3.8) is 0 Å². The van der Waals surface area contributed by atoms with Crippen molar-refractivity contribution < 1.29 is 14.7 Å². The number of carboxylic acids is 1. The number of hydrogen-bond donors (Lipinski definition) is 3. The Balaban J connectivity index is 2.75. The molecule has 0 bridgehead atoms. The second kappa shape index (κ2) is 5.47. The van der Waals surface area contributed by atoms with E-state index in [4.69, 9.17) is 5.11 Å². The number of aromatic nitrogens is 1. The van der Waals surface area contributed by atoms with Crippen LogP contribution in [-0.4, -0.2) is 22.0 Å². The number of hydrogen-bond acceptors (Lipinski definition) is 2. The van der Waals surface area contributed by atoms with Crippen LogP contribution in [0.1, 0.15) is 50.3 Å². The summed E-state index contributed by atoms with van der Waals surface area (Å²) in [6.45, 7) is 10.00. The number of aromatic amines is 1. The lowest BCUT2D eigenvalue weighted by Gasteiger charge is -2.26. The normalized spacial score (nSPS) is 13.1. The van der Waals surface area contributed by atoms with E-state index in [1.165, 1.54) is 0 Å². The maximum atomic E-state index is 11.9. The van der Waals surface area contributed by atoms with Gasteiger partial charge in [0.25, 0.3) is 0 Å². The minimum atomic E-state index is -1.08. The third-order valence-corrected chi connectivity index (χ3v) is 3.41. The molecule has 0 saturated carbocycles. The number of carboxylic acid groups (broad SMARTS) is 1. The molecule has 1 rings (SSSR count). The molecule has 1 heterocycles. The zero-order chi connectivity index (χ0) is 14.8. The quantitative estimate of drug-likeness (QED) is 0.783. The summed E-state index contributed by atoms with van der Waals surface area (Å²) in [4.78, 5) is 25.7. The molecule has 0 aliphatic carbocycles. The predicted molar refractivity (Wildman–Crippen MR) is 74.4 cm³/mol. The van der Waals surface area contributed by atoms with Gasteiger partial charge in [0.05, 0.1) is 5.69 Å². The van der Waals surface area contributed by atoms with Crippen molar-refractivity contribution in [2.45, 2.75) is 41.0 Å². The summed E-state index contributed by atoms with van der Waals surface area (Å²) < 4.78 is 0. The van der Waals surface area contributed by atoms with E-state index < -0.39 is 5.97 Å². The lowest BCUT2D eigenvalue weighted by atomic mass is 9.80. The van der Waals surface area contributed by atoms with Gasteiger partial charge in [-0.3, -0.25) is 4.79 Å². The molecule has 1 amide bonds. The molecule has 0 spiro atoms. The molecule has 1 atom stereocenters. The van der Waals surface area contributed by atoms with Gasteiger partial charge in [0.1, 0.15) is 5.69 Å². The van der Waals surface area contributed by atoms with E-state index in [2.05, 4.69) is 31.1 Å². The number of rotatable bonds is 4. The SMILES string of the molecule is Cc1cc(NC(=O)CC(C)C(C)(C)C)c(C(=O)O)[nH]1. The third kappa shape index (κ3) is 4.12. The lowest BCUT2D eigenvalue weighted by molar-refractivity contribution is -0.117. The fourth-order valence-electron chi connectivity index (χ4n) is 1.64. The van der Waals surface area contributed by atoms with Crippen LogP contribution in [0.2, 0.25) is 0 Å². The average molecular weight is 266 g/mol. The maximum absolute atomic E-state index is 11.9. The number of aryl methyl sites for hydroxylation is 1. The van der Waals surface area contributed by atoms with Crippen molar-refractivity contribution in [1.82, 2.24) is 4.98 Å². The van der Waals surface area contributed by atoms with Crippen LogP contribution in [0.3, 0.4) is 0 Å². The summed E-state index contributed by atoms with van der Waals surface area (Å²) in [6, 6.07) is 1.63. The van der Waals surface area contributed by atoms with E-state index in [0.717, 1.165) is 0 Å². The highest BCUT2D eigenvalue weighted by Crippen LogP contribution is 2.28. The number of nitrogens with one attached hydrogen (secondary N) is 2. The van der Waals surface area contributed by atoms with Crippen LogP contribution in [0.5, 0.6) is 0 Å². The highest BCUT2D eigenvalue weighted by Gasteiger charge is 2.23. The summed E-state index contributed by atoms with van der Waals surface area (Å²) >= 11 is 0. The first-order valence-corrected chi connectivity index (χ1v) is 6.34. The molecule has 5 heteroatoms. The standard InChI is InChI=1S/C14H22N2O3/c1-8(14(3,4)5)6-11(17)16-10-7-9(2)15-12(10)13(18)19/h7-8,15H,6H2,1-5H3,(H,16,17)(H,18,19). The van der Waals surface area contributed by atoms with Gasteiger partial charge in [-0.2, -0.15) is 0 Å². The molecule has 0 saturated heterocycles. The molecule has 106 valence electrons. The zero-order valence-electron chi connectivity index (χ0n) is 12.1. The topological polar surface area (TPSA) is 82.2 Å². The van der Waals surface area contributed by atoms with Crippen LogP contribution in [0.15, 0.2) is 6.07 Å². The van der Waals surface area contributed by atoms with Crippen molar-refractivity contribution in [2.24, 2.45) is 11.3 Å². The number of anilines is 1. The van der Waals surface area contributed by atoms with Crippen LogP contribution in [0.25, 0.3) is 0 Å². The largest absolute Gasteiger partial charge is 0.477 e. The van der Waals surface area contributed by atoms with Crippen LogP contribution in [0.4, 0.5) is 5.69 Å². The Hall–Kier alpha value is -1.78. The molecular weight excluding hydrogens is 244 g/mol. The molecule has 19 heavy (non-hydrogen) atoms. The Kier molecular flexibility index (Phi) is 4.39. The predicted octanol–water partition coefficient (Wildman–Crippen LogP) is 3.03. The Morgan fingerprint density at radius 1 is 1.42 bits per heavy atom. The molecule has 1 aromatic heterocycles. The van der Waals surface area contributed by atoms with Gasteiger partial charge in [-0.25, -0.2) is 4.79 Å². The minimum Gasteiger partial charge on any atom is -0.477 e. The van der Waals surface area contributed by atoms with Crippen molar-refractivity contribution >= 4 is 17.6 Å².